The van der Waals surface area contributed by atoms with E-state index in [2.05, 4.69) is 35.1 Å². The van der Waals surface area contributed by atoms with E-state index in [-0.39, 0.29) is 0 Å². The highest BCUT2D eigenvalue weighted by atomic mass is 79.9. The fourth-order valence-corrected chi connectivity index (χ4v) is 1.57. The van der Waals surface area contributed by atoms with E-state index in [1.54, 1.807) is 0 Å². The van der Waals surface area contributed by atoms with Gasteiger partial charge in [-0.2, -0.15) is 0 Å². The van der Waals surface area contributed by atoms with Crippen LogP contribution in [-0.2, 0) is 0 Å². The van der Waals surface area contributed by atoms with Gasteiger partial charge in [-0.25, -0.2) is 0 Å². The van der Waals surface area contributed by atoms with Gasteiger partial charge in [0.25, 0.3) is 0 Å². The van der Waals surface area contributed by atoms with Gasteiger partial charge in [0.05, 0.1) is 0 Å². The third-order valence-electron chi connectivity index (χ3n) is 1.90. The summed E-state index contributed by atoms with van der Waals surface area (Å²) in [6.45, 7) is 7.04. The molecule has 3 heteroatoms. The average molecular weight is 272 g/mol. The summed E-state index contributed by atoms with van der Waals surface area (Å²) < 4.78 is 6.63. The zero-order chi connectivity index (χ0) is 11.1. The Labute approximate surface area is 100 Å². The number of nitrogens with one attached hydrogen (secondary N) is 1. The van der Waals surface area contributed by atoms with E-state index >= 15 is 0 Å². The van der Waals surface area contributed by atoms with Gasteiger partial charge in [-0.3, -0.25) is 0 Å². The van der Waals surface area contributed by atoms with E-state index in [1.165, 1.54) is 0 Å². The number of halogens is 1. The maximum absolute atomic E-state index is 5.58. The van der Waals surface area contributed by atoms with Crippen molar-refractivity contribution in [3.63, 3.8) is 0 Å². The largest absolute Gasteiger partial charge is 0.492 e. The second-order valence-corrected chi connectivity index (χ2v) is 4.82. The molecule has 2 nitrogen and oxygen atoms in total. The molecule has 0 fully saturated rings. The third-order valence-corrected chi connectivity index (χ3v) is 2.39. The molecule has 0 radical (unpaired) electrons. The van der Waals surface area contributed by atoms with Gasteiger partial charge in [-0.05, 0) is 30.7 Å². The normalized spacial score (nSPS) is 10.7. The number of rotatable bonds is 6. The molecule has 0 bridgehead atoms. The standard InChI is InChI=1S/C12H18BrNO/c1-10(2)9-14-6-7-15-12-5-3-4-11(13)8-12/h3-5,8,10,14H,6-7,9H2,1-2H3. The Morgan fingerprint density at radius 3 is 2.87 bits per heavy atom. The zero-order valence-corrected chi connectivity index (χ0v) is 10.9. The van der Waals surface area contributed by atoms with Crippen molar-refractivity contribution in [1.29, 1.82) is 0 Å². The second-order valence-electron chi connectivity index (χ2n) is 3.90. The predicted molar refractivity (Wildman–Crippen MR) is 67.3 cm³/mol. The molecule has 0 aliphatic rings. The summed E-state index contributed by atoms with van der Waals surface area (Å²) in [6, 6.07) is 7.90. The Morgan fingerprint density at radius 2 is 2.20 bits per heavy atom. The number of ether oxygens (including phenoxy) is 1. The molecule has 1 aromatic rings. The van der Waals surface area contributed by atoms with E-state index in [0.717, 1.165) is 23.3 Å². The lowest BCUT2D eigenvalue weighted by atomic mass is 10.2. The van der Waals surface area contributed by atoms with Gasteiger partial charge in [0.2, 0.25) is 0 Å². The monoisotopic (exact) mass is 271 g/mol. The Morgan fingerprint density at radius 1 is 1.40 bits per heavy atom. The molecule has 0 aliphatic heterocycles. The van der Waals surface area contributed by atoms with E-state index in [4.69, 9.17) is 4.74 Å². The average Bonchev–Trinajstić information content (AvgIpc) is 2.17. The molecule has 84 valence electrons. The molecule has 0 aliphatic carbocycles. The lowest BCUT2D eigenvalue weighted by Crippen LogP contribution is -2.24. The van der Waals surface area contributed by atoms with E-state index in [0.29, 0.717) is 12.5 Å². The molecular formula is C12H18BrNO. The quantitative estimate of drug-likeness (QED) is 0.803. The van der Waals surface area contributed by atoms with Crippen molar-refractivity contribution in [1.82, 2.24) is 5.32 Å². The summed E-state index contributed by atoms with van der Waals surface area (Å²) in [5.41, 5.74) is 0. The highest BCUT2D eigenvalue weighted by molar-refractivity contribution is 9.10. The highest BCUT2D eigenvalue weighted by Gasteiger charge is 1.95. The van der Waals surface area contributed by atoms with Crippen molar-refractivity contribution in [2.24, 2.45) is 5.92 Å². The third kappa shape index (κ3) is 5.80. The van der Waals surface area contributed by atoms with Crippen LogP contribution in [0.4, 0.5) is 0 Å². The lowest BCUT2D eigenvalue weighted by molar-refractivity contribution is 0.311. The Bertz CT molecular complexity index is 289. The van der Waals surface area contributed by atoms with Crippen molar-refractivity contribution < 1.29 is 4.74 Å². The molecule has 0 aromatic heterocycles. The summed E-state index contributed by atoms with van der Waals surface area (Å²) in [7, 11) is 0. The minimum atomic E-state index is 0.691. The second kappa shape index (κ2) is 6.85. The van der Waals surface area contributed by atoms with Crippen LogP contribution in [0.15, 0.2) is 28.7 Å². The van der Waals surface area contributed by atoms with Crippen molar-refractivity contribution in [3.8, 4) is 5.75 Å². The summed E-state index contributed by atoms with van der Waals surface area (Å²) in [6.07, 6.45) is 0. The Kier molecular flexibility index (Phi) is 5.73. The van der Waals surface area contributed by atoms with Gasteiger partial charge in [0, 0.05) is 11.0 Å². The first-order valence-electron chi connectivity index (χ1n) is 5.27. The first-order chi connectivity index (χ1) is 7.18. The number of hydrogen-bond donors (Lipinski definition) is 1. The molecule has 0 unspecified atom stereocenters. The number of benzene rings is 1. The Hall–Kier alpha value is -0.540. The molecule has 0 saturated heterocycles. The van der Waals surface area contributed by atoms with Crippen LogP contribution in [0.25, 0.3) is 0 Å². The fourth-order valence-electron chi connectivity index (χ4n) is 1.19. The molecule has 1 aromatic carbocycles. The molecule has 1 rings (SSSR count). The van der Waals surface area contributed by atoms with Crippen LogP contribution in [0, 0.1) is 5.92 Å². The highest BCUT2D eigenvalue weighted by Crippen LogP contribution is 2.17. The van der Waals surface area contributed by atoms with Gasteiger partial charge >= 0.3 is 0 Å². The molecular weight excluding hydrogens is 254 g/mol. The van der Waals surface area contributed by atoms with Gasteiger partial charge < -0.3 is 10.1 Å². The zero-order valence-electron chi connectivity index (χ0n) is 9.29. The van der Waals surface area contributed by atoms with Crippen molar-refractivity contribution in [2.75, 3.05) is 19.7 Å². The molecule has 0 spiro atoms. The summed E-state index contributed by atoms with van der Waals surface area (Å²) >= 11 is 3.41. The lowest BCUT2D eigenvalue weighted by Gasteiger charge is -2.09. The van der Waals surface area contributed by atoms with Crippen molar-refractivity contribution in [2.45, 2.75) is 13.8 Å². The van der Waals surface area contributed by atoms with E-state index in [1.807, 2.05) is 24.3 Å². The molecule has 15 heavy (non-hydrogen) atoms. The van der Waals surface area contributed by atoms with Crippen LogP contribution < -0.4 is 10.1 Å². The smallest absolute Gasteiger partial charge is 0.120 e. The van der Waals surface area contributed by atoms with Gasteiger partial charge in [-0.15, -0.1) is 0 Å². The minimum Gasteiger partial charge on any atom is -0.492 e. The predicted octanol–water partition coefficient (Wildman–Crippen LogP) is 3.07. The van der Waals surface area contributed by atoms with Crippen LogP contribution in [0.2, 0.25) is 0 Å². The maximum Gasteiger partial charge on any atom is 0.120 e. The SMILES string of the molecule is CC(C)CNCCOc1cccc(Br)c1. The minimum absolute atomic E-state index is 0.691. The fraction of sp³-hybridized carbons (Fsp3) is 0.500. The van der Waals surface area contributed by atoms with Crippen molar-refractivity contribution >= 4 is 15.9 Å². The van der Waals surface area contributed by atoms with Crippen LogP contribution in [0.1, 0.15) is 13.8 Å². The topological polar surface area (TPSA) is 21.3 Å². The number of hydrogen-bond acceptors (Lipinski definition) is 2. The van der Waals surface area contributed by atoms with Crippen LogP contribution in [-0.4, -0.2) is 19.7 Å². The molecule has 0 atom stereocenters. The van der Waals surface area contributed by atoms with E-state index in [9.17, 15) is 0 Å². The molecule has 0 saturated carbocycles. The summed E-state index contributed by atoms with van der Waals surface area (Å²) in [5.74, 6) is 1.60. The van der Waals surface area contributed by atoms with Gasteiger partial charge in [0.15, 0.2) is 0 Å². The summed E-state index contributed by atoms with van der Waals surface area (Å²) in [5, 5.41) is 3.33. The van der Waals surface area contributed by atoms with Crippen LogP contribution in [0.5, 0.6) is 5.75 Å². The van der Waals surface area contributed by atoms with Crippen molar-refractivity contribution in [3.05, 3.63) is 28.7 Å². The molecule has 0 amide bonds. The van der Waals surface area contributed by atoms with Crippen LogP contribution >= 0.6 is 15.9 Å². The summed E-state index contributed by atoms with van der Waals surface area (Å²) in [4.78, 5) is 0. The van der Waals surface area contributed by atoms with Gasteiger partial charge in [-0.1, -0.05) is 35.8 Å². The Balaban J connectivity index is 2.15. The first-order valence-corrected chi connectivity index (χ1v) is 6.07. The van der Waals surface area contributed by atoms with Gasteiger partial charge in [0.1, 0.15) is 12.4 Å². The maximum atomic E-state index is 5.58. The first kappa shape index (κ1) is 12.5. The molecule has 0 heterocycles. The van der Waals surface area contributed by atoms with Crippen LogP contribution in [0.3, 0.4) is 0 Å². The van der Waals surface area contributed by atoms with E-state index < -0.39 is 0 Å². The molecule has 1 N–H and O–H groups in total.